The number of nitrogens with one attached hydrogen (secondary N) is 1. The number of benzene rings is 1. The van der Waals surface area contributed by atoms with E-state index in [0.717, 1.165) is 18.7 Å². The molecular formula is C13H13F2N3O. The normalized spacial score (nSPS) is 14.8. The van der Waals surface area contributed by atoms with Crippen LogP contribution in [0.1, 0.15) is 18.7 Å². The largest absolute Gasteiger partial charge is 0.421 e. The highest BCUT2D eigenvalue weighted by molar-refractivity contribution is 5.53. The van der Waals surface area contributed by atoms with Gasteiger partial charge in [0.2, 0.25) is 5.89 Å². The minimum Gasteiger partial charge on any atom is -0.421 e. The van der Waals surface area contributed by atoms with E-state index in [0.29, 0.717) is 18.4 Å². The number of aromatic nitrogens is 2. The maximum atomic E-state index is 13.5. The highest BCUT2D eigenvalue weighted by atomic mass is 19.1. The smallest absolute Gasteiger partial charge is 0.250 e. The molecule has 0 bridgehead atoms. The zero-order valence-corrected chi connectivity index (χ0v) is 10.2. The SMILES string of the molecule is Fc1ccc(-c2nnc(CCNC3CC3)o2)c(F)c1. The molecule has 2 aromatic rings. The van der Waals surface area contributed by atoms with E-state index in [1.807, 2.05) is 0 Å². The van der Waals surface area contributed by atoms with Crippen LogP contribution in [-0.4, -0.2) is 22.8 Å². The third-order valence-corrected chi connectivity index (χ3v) is 2.98. The summed E-state index contributed by atoms with van der Waals surface area (Å²) in [5, 5.41) is 11.0. The van der Waals surface area contributed by atoms with Gasteiger partial charge in [0.05, 0.1) is 5.56 Å². The predicted molar refractivity (Wildman–Crippen MR) is 64.4 cm³/mol. The summed E-state index contributed by atoms with van der Waals surface area (Å²) in [6, 6.07) is 3.88. The van der Waals surface area contributed by atoms with Crippen molar-refractivity contribution in [2.24, 2.45) is 0 Å². The number of rotatable bonds is 5. The van der Waals surface area contributed by atoms with Gasteiger partial charge in [0, 0.05) is 25.1 Å². The number of nitrogens with zero attached hydrogens (tertiary/aromatic N) is 2. The van der Waals surface area contributed by atoms with E-state index in [1.54, 1.807) is 0 Å². The van der Waals surface area contributed by atoms with Gasteiger partial charge in [-0.1, -0.05) is 0 Å². The first-order valence-electron chi connectivity index (χ1n) is 6.23. The van der Waals surface area contributed by atoms with Crippen molar-refractivity contribution in [2.45, 2.75) is 25.3 Å². The Hall–Kier alpha value is -1.82. The van der Waals surface area contributed by atoms with Crippen molar-refractivity contribution in [1.29, 1.82) is 0 Å². The zero-order valence-electron chi connectivity index (χ0n) is 10.2. The molecule has 0 aliphatic heterocycles. The van der Waals surface area contributed by atoms with Crippen molar-refractivity contribution >= 4 is 0 Å². The molecule has 4 nitrogen and oxygen atoms in total. The van der Waals surface area contributed by atoms with E-state index in [9.17, 15) is 8.78 Å². The average Bonchev–Trinajstić information content (AvgIpc) is 3.07. The topological polar surface area (TPSA) is 51.0 Å². The van der Waals surface area contributed by atoms with Gasteiger partial charge in [-0.05, 0) is 25.0 Å². The van der Waals surface area contributed by atoms with Gasteiger partial charge in [0.25, 0.3) is 5.89 Å². The monoisotopic (exact) mass is 265 g/mol. The van der Waals surface area contributed by atoms with Gasteiger partial charge in [-0.2, -0.15) is 0 Å². The molecule has 0 spiro atoms. The van der Waals surface area contributed by atoms with Crippen LogP contribution in [0.5, 0.6) is 0 Å². The van der Waals surface area contributed by atoms with Crippen LogP contribution in [0.15, 0.2) is 22.6 Å². The summed E-state index contributed by atoms with van der Waals surface area (Å²) < 4.78 is 31.7. The molecule has 19 heavy (non-hydrogen) atoms. The van der Waals surface area contributed by atoms with Crippen LogP contribution in [0.25, 0.3) is 11.5 Å². The second-order valence-corrected chi connectivity index (χ2v) is 4.60. The first-order valence-corrected chi connectivity index (χ1v) is 6.23. The molecule has 1 aromatic heterocycles. The Bertz CT molecular complexity index is 581. The molecule has 0 atom stereocenters. The van der Waals surface area contributed by atoms with E-state index in [4.69, 9.17) is 4.42 Å². The Labute approximate surface area is 108 Å². The molecular weight excluding hydrogens is 252 g/mol. The lowest BCUT2D eigenvalue weighted by Crippen LogP contribution is -2.19. The van der Waals surface area contributed by atoms with Crippen LogP contribution in [0.3, 0.4) is 0 Å². The highest BCUT2D eigenvalue weighted by Gasteiger charge is 2.20. The fraction of sp³-hybridized carbons (Fsp3) is 0.385. The Kier molecular flexibility index (Phi) is 3.25. The Balaban J connectivity index is 1.68. The van der Waals surface area contributed by atoms with Crippen molar-refractivity contribution in [1.82, 2.24) is 15.5 Å². The van der Waals surface area contributed by atoms with Crippen molar-refractivity contribution in [2.75, 3.05) is 6.54 Å². The molecule has 0 saturated heterocycles. The Morgan fingerprint density at radius 3 is 2.84 bits per heavy atom. The van der Waals surface area contributed by atoms with Crippen molar-refractivity contribution in [3.63, 3.8) is 0 Å². The van der Waals surface area contributed by atoms with Crippen molar-refractivity contribution < 1.29 is 13.2 Å². The van der Waals surface area contributed by atoms with Crippen molar-refractivity contribution in [3.05, 3.63) is 35.7 Å². The fourth-order valence-corrected chi connectivity index (χ4v) is 1.80. The summed E-state index contributed by atoms with van der Waals surface area (Å²) in [6.07, 6.45) is 3.04. The van der Waals surface area contributed by atoms with Gasteiger partial charge in [0.1, 0.15) is 11.6 Å². The molecule has 3 rings (SSSR count). The number of hydrogen-bond acceptors (Lipinski definition) is 4. The summed E-state index contributed by atoms with van der Waals surface area (Å²) in [4.78, 5) is 0. The summed E-state index contributed by atoms with van der Waals surface area (Å²) in [5.74, 6) is -0.799. The first kappa shape index (κ1) is 12.2. The molecule has 0 amide bonds. The summed E-state index contributed by atoms with van der Waals surface area (Å²) in [7, 11) is 0. The molecule has 0 unspecified atom stereocenters. The molecule has 1 aliphatic rings. The van der Waals surface area contributed by atoms with Crippen LogP contribution in [0.4, 0.5) is 8.78 Å². The maximum Gasteiger partial charge on any atom is 0.250 e. The first-order chi connectivity index (χ1) is 9.22. The van der Waals surface area contributed by atoms with Crippen molar-refractivity contribution in [3.8, 4) is 11.5 Å². The third kappa shape index (κ3) is 2.96. The van der Waals surface area contributed by atoms with Gasteiger partial charge in [0.15, 0.2) is 0 Å². The lowest BCUT2D eigenvalue weighted by molar-refractivity contribution is 0.490. The van der Waals surface area contributed by atoms with Gasteiger partial charge in [-0.3, -0.25) is 0 Å². The van der Waals surface area contributed by atoms with Crippen LogP contribution in [0.2, 0.25) is 0 Å². The maximum absolute atomic E-state index is 13.5. The summed E-state index contributed by atoms with van der Waals surface area (Å²) in [6.45, 7) is 0.762. The van der Waals surface area contributed by atoms with E-state index in [2.05, 4.69) is 15.5 Å². The molecule has 1 fully saturated rings. The van der Waals surface area contributed by atoms with Crippen LogP contribution >= 0.6 is 0 Å². The van der Waals surface area contributed by atoms with Crippen LogP contribution < -0.4 is 5.32 Å². The fourth-order valence-electron chi connectivity index (χ4n) is 1.80. The second kappa shape index (κ2) is 5.05. The molecule has 100 valence electrons. The second-order valence-electron chi connectivity index (χ2n) is 4.60. The zero-order chi connectivity index (χ0) is 13.2. The molecule has 6 heteroatoms. The predicted octanol–water partition coefficient (Wildman–Crippen LogP) is 2.31. The lowest BCUT2D eigenvalue weighted by atomic mass is 10.2. The van der Waals surface area contributed by atoms with Gasteiger partial charge in [-0.15, -0.1) is 10.2 Å². The summed E-state index contributed by atoms with van der Waals surface area (Å²) in [5.41, 5.74) is 0.121. The van der Waals surface area contributed by atoms with Gasteiger partial charge >= 0.3 is 0 Å². The third-order valence-electron chi connectivity index (χ3n) is 2.98. The summed E-state index contributed by atoms with van der Waals surface area (Å²) >= 11 is 0. The Morgan fingerprint density at radius 2 is 2.11 bits per heavy atom. The standard InChI is InChI=1S/C13H13F2N3O/c14-8-1-4-10(11(15)7-8)13-18-17-12(19-13)5-6-16-9-2-3-9/h1,4,7,9,16H,2-3,5-6H2. The molecule has 1 saturated carbocycles. The van der Waals surface area contributed by atoms with Gasteiger partial charge in [-0.25, -0.2) is 8.78 Å². The van der Waals surface area contributed by atoms with Crippen LogP contribution in [0, 0.1) is 11.6 Å². The quantitative estimate of drug-likeness (QED) is 0.901. The molecule has 1 aliphatic carbocycles. The average molecular weight is 265 g/mol. The van der Waals surface area contributed by atoms with E-state index in [1.165, 1.54) is 18.9 Å². The van der Waals surface area contributed by atoms with E-state index in [-0.39, 0.29) is 11.5 Å². The number of hydrogen-bond donors (Lipinski definition) is 1. The Morgan fingerprint density at radius 1 is 1.26 bits per heavy atom. The van der Waals surface area contributed by atoms with E-state index >= 15 is 0 Å². The van der Waals surface area contributed by atoms with E-state index < -0.39 is 11.6 Å². The van der Waals surface area contributed by atoms with Crippen LogP contribution in [-0.2, 0) is 6.42 Å². The number of halogens is 2. The molecule has 1 aromatic carbocycles. The van der Waals surface area contributed by atoms with Gasteiger partial charge < -0.3 is 9.73 Å². The minimum absolute atomic E-state index is 0.0823. The lowest BCUT2D eigenvalue weighted by Gasteiger charge is -1.98. The molecule has 1 N–H and O–H groups in total. The molecule has 0 radical (unpaired) electrons. The minimum atomic E-state index is -0.702. The highest BCUT2D eigenvalue weighted by Crippen LogP contribution is 2.22. The molecule has 1 heterocycles.